The zero-order valence-corrected chi connectivity index (χ0v) is 8.34. The molecular weight excluding hydrogens is 219 g/mol. The SMILES string of the molecule is O=C(O)CCc1cc(Cl)c(Cl)s1. The average Bonchev–Trinajstić information content (AvgIpc) is 2.28. The topological polar surface area (TPSA) is 37.3 Å². The monoisotopic (exact) mass is 224 g/mol. The van der Waals surface area contributed by atoms with Gasteiger partial charge in [-0.2, -0.15) is 0 Å². The van der Waals surface area contributed by atoms with Gasteiger partial charge in [0.25, 0.3) is 0 Å². The lowest BCUT2D eigenvalue weighted by atomic mass is 10.3. The van der Waals surface area contributed by atoms with Crippen molar-refractivity contribution in [2.75, 3.05) is 0 Å². The summed E-state index contributed by atoms with van der Waals surface area (Å²) in [6, 6.07) is 1.71. The fraction of sp³-hybridized carbons (Fsp3) is 0.286. The van der Waals surface area contributed by atoms with Crippen molar-refractivity contribution in [2.45, 2.75) is 12.8 Å². The van der Waals surface area contributed by atoms with Crippen molar-refractivity contribution < 1.29 is 9.90 Å². The lowest BCUT2D eigenvalue weighted by molar-refractivity contribution is -0.136. The van der Waals surface area contributed by atoms with Crippen LogP contribution in [0.2, 0.25) is 9.36 Å². The summed E-state index contributed by atoms with van der Waals surface area (Å²) in [5, 5.41) is 8.89. The van der Waals surface area contributed by atoms with Gasteiger partial charge in [0.15, 0.2) is 0 Å². The predicted molar refractivity (Wildman–Crippen MR) is 50.3 cm³/mol. The van der Waals surface area contributed by atoms with Gasteiger partial charge in [-0.25, -0.2) is 0 Å². The molecule has 1 heterocycles. The number of aryl methyl sites for hydroxylation is 1. The molecule has 0 saturated carbocycles. The van der Waals surface area contributed by atoms with Crippen molar-refractivity contribution in [3.05, 3.63) is 20.3 Å². The Labute approximate surface area is 83.7 Å². The summed E-state index contributed by atoms with van der Waals surface area (Å²) >= 11 is 12.7. The number of hydrogen-bond donors (Lipinski definition) is 1. The molecule has 2 nitrogen and oxygen atoms in total. The molecule has 1 N–H and O–H groups in total. The summed E-state index contributed by atoms with van der Waals surface area (Å²) in [5.41, 5.74) is 0. The molecule has 12 heavy (non-hydrogen) atoms. The third kappa shape index (κ3) is 2.66. The first-order chi connectivity index (χ1) is 5.59. The molecule has 0 amide bonds. The van der Waals surface area contributed by atoms with E-state index in [1.165, 1.54) is 11.3 Å². The Kier molecular flexibility index (Phi) is 3.38. The highest BCUT2D eigenvalue weighted by Gasteiger charge is 2.06. The largest absolute Gasteiger partial charge is 0.481 e. The van der Waals surface area contributed by atoms with Gasteiger partial charge in [-0.1, -0.05) is 23.2 Å². The van der Waals surface area contributed by atoms with Crippen molar-refractivity contribution in [1.82, 2.24) is 0 Å². The van der Waals surface area contributed by atoms with Gasteiger partial charge in [0, 0.05) is 4.88 Å². The third-order valence-electron chi connectivity index (χ3n) is 1.28. The maximum absolute atomic E-state index is 10.2. The molecule has 1 rings (SSSR count). The van der Waals surface area contributed by atoms with Gasteiger partial charge in [-0.15, -0.1) is 11.3 Å². The van der Waals surface area contributed by atoms with E-state index in [0.29, 0.717) is 15.8 Å². The Morgan fingerprint density at radius 2 is 2.25 bits per heavy atom. The summed E-state index contributed by atoms with van der Waals surface area (Å²) in [7, 11) is 0. The lowest BCUT2D eigenvalue weighted by Gasteiger charge is -1.89. The molecule has 0 bridgehead atoms. The first-order valence-corrected chi connectivity index (χ1v) is 4.82. The number of halogens is 2. The summed E-state index contributed by atoms with van der Waals surface area (Å²) < 4.78 is 0.525. The van der Waals surface area contributed by atoms with E-state index < -0.39 is 5.97 Å². The van der Waals surface area contributed by atoms with Crippen LogP contribution in [0.15, 0.2) is 6.07 Å². The van der Waals surface area contributed by atoms with Crippen molar-refractivity contribution in [3.8, 4) is 0 Å². The number of carbonyl (C=O) groups is 1. The number of carboxylic acid groups (broad SMARTS) is 1. The van der Waals surface area contributed by atoms with Crippen LogP contribution >= 0.6 is 34.5 Å². The van der Waals surface area contributed by atoms with E-state index >= 15 is 0 Å². The minimum Gasteiger partial charge on any atom is -0.481 e. The second-order valence-electron chi connectivity index (χ2n) is 2.23. The fourth-order valence-corrected chi connectivity index (χ4v) is 2.18. The Balaban J connectivity index is 2.58. The van der Waals surface area contributed by atoms with Gasteiger partial charge >= 0.3 is 5.97 Å². The summed E-state index contributed by atoms with van der Waals surface area (Å²) in [5.74, 6) is -0.810. The van der Waals surface area contributed by atoms with Crippen molar-refractivity contribution in [1.29, 1.82) is 0 Å². The minimum atomic E-state index is -0.810. The molecule has 5 heteroatoms. The van der Waals surface area contributed by atoms with Gasteiger partial charge < -0.3 is 5.11 Å². The van der Waals surface area contributed by atoms with Crippen molar-refractivity contribution in [3.63, 3.8) is 0 Å². The number of carboxylic acids is 1. The standard InChI is InChI=1S/C7H6Cl2O2S/c8-5-3-4(12-7(5)9)1-2-6(10)11/h3H,1-2H2,(H,10,11). The fourth-order valence-electron chi connectivity index (χ4n) is 0.745. The number of aliphatic carboxylic acids is 1. The van der Waals surface area contributed by atoms with E-state index in [4.69, 9.17) is 28.3 Å². The number of rotatable bonds is 3. The highest BCUT2D eigenvalue weighted by Crippen LogP contribution is 2.32. The Morgan fingerprint density at radius 1 is 1.58 bits per heavy atom. The second kappa shape index (κ2) is 4.12. The first-order valence-electron chi connectivity index (χ1n) is 3.25. The molecular formula is C7H6Cl2O2S. The Bertz CT molecular complexity index is 276. The molecule has 1 aromatic rings. The molecule has 0 aliphatic carbocycles. The minimum absolute atomic E-state index is 0.118. The van der Waals surface area contributed by atoms with E-state index in [1.54, 1.807) is 6.07 Å². The highest BCUT2D eigenvalue weighted by molar-refractivity contribution is 7.16. The molecule has 66 valence electrons. The molecule has 0 spiro atoms. The maximum atomic E-state index is 10.2. The van der Waals surface area contributed by atoms with Crippen molar-refractivity contribution in [2.24, 2.45) is 0 Å². The molecule has 0 unspecified atom stereocenters. The lowest BCUT2D eigenvalue weighted by Crippen LogP contribution is -1.95. The van der Waals surface area contributed by atoms with Gasteiger partial charge in [-0.05, 0) is 12.5 Å². The van der Waals surface area contributed by atoms with Crippen LogP contribution in [0.4, 0.5) is 0 Å². The van der Waals surface area contributed by atoms with Crippen LogP contribution in [-0.2, 0) is 11.2 Å². The third-order valence-corrected chi connectivity index (χ3v) is 3.21. The quantitative estimate of drug-likeness (QED) is 0.858. The summed E-state index contributed by atoms with van der Waals surface area (Å²) in [6.45, 7) is 0. The van der Waals surface area contributed by atoms with E-state index in [2.05, 4.69) is 0 Å². The van der Waals surface area contributed by atoms with Gasteiger partial charge in [0.05, 0.1) is 11.4 Å². The Morgan fingerprint density at radius 3 is 2.67 bits per heavy atom. The normalized spacial score (nSPS) is 10.2. The van der Waals surface area contributed by atoms with E-state index in [-0.39, 0.29) is 6.42 Å². The number of thiophene rings is 1. The van der Waals surface area contributed by atoms with E-state index in [0.717, 1.165) is 4.88 Å². The van der Waals surface area contributed by atoms with Gasteiger partial charge in [0.2, 0.25) is 0 Å². The molecule has 1 aromatic heterocycles. The molecule has 0 radical (unpaired) electrons. The molecule has 0 aromatic carbocycles. The van der Waals surface area contributed by atoms with Crippen LogP contribution in [0, 0.1) is 0 Å². The molecule has 0 saturated heterocycles. The predicted octanol–water partition coefficient (Wildman–Crippen LogP) is 3.07. The van der Waals surface area contributed by atoms with Gasteiger partial charge in [0.1, 0.15) is 4.34 Å². The molecule has 0 aliphatic heterocycles. The summed E-state index contributed by atoms with van der Waals surface area (Å²) in [6.07, 6.45) is 0.611. The maximum Gasteiger partial charge on any atom is 0.303 e. The molecule has 0 atom stereocenters. The Hall–Kier alpha value is -0.250. The van der Waals surface area contributed by atoms with Crippen molar-refractivity contribution >= 4 is 40.5 Å². The number of hydrogen-bond acceptors (Lipinski definition) is 2. The van der Waals surface area contributed by atoms with E-state index in [1.807, 2.05) is 0 Å². The van der Waals surface area contributed by atoms with Crippen LogP contribution in [0.5, 0.6) is 0 Å². The average molecular weight is 225 g/mol. The van der Waals surface area contributed by atoms with Crippen LogP contribution in [0.3, 0.4) is 0 Å². The zero-order valence-electron chi connectivity index (χ0n) is 6.01. The molecule has 0 fully saturated rings. The second-order valence-corrected chi connectivity index (χ2v) is 4.37. The smallest absolute Gasteiger partial charge is 0.303 e. The van der Waals surface area contributed by atoms with Crippen LogP contribution in [0.1, 0.15) is 11.3 Å². The summed E-state index contributed by atoms with van der Waals surface area (Å²) in [4.78, 5) is 11.1. The highest BCUT2D eigenvalue weighted by atomic mass is 35.5. The van der Waals surface area contributed by atoms with E-state index in [9.17, 15) is 4.79 Å². The van der Waals surface area contributed by atoms with Crippen LogP contribution in [-0.4, -0.2) is 11.1 Å². The first kappa shape index (κ1) is 9.84. The van der Waals surface area contributed by atoms with Gasteiger partial charge in [-0.3, -0.25) is 4.79 Å². The zero-order chi connectivity index (χ0) is 9.14. The van der Waals surface area contributed by atoms with Crippen LogP contribution in [0.25, 0.3) is 0 Å². The molecule has 0 aliphatic rings. The van der Waals surface area contributed by atoms with Crippen LogP contribution < -0.4 is 0 Å².